The fourth-order valence-electron chi connectivity index (χ4n) is 11.3. The molecule has 3 aromatic carbocycles. The Morgan fingerprint density at radius 3 is 1.06 bits per heavy atom. The van der Waals surface area contributed by atoms with Gasteiger partial charge in [-0.15, -0.1) is 0 Å². The topological polar surface area (TPSA) is 300 Å². The van der Waals surface area contributed by atoms with Crippen LogP contribution in [0.1, 0.15) is 86.0 Å². The number of carbonyl (C=O) groups is 6. The van der Waals surface area contributed by atoms with Crippen LogP contribution in [-0.2, 0) is 73.0 Å². The van der Waals surface area contributed by atoms with Crippen molar-refractivity contribution >= 4 is 96.3 Å². The number of aliphatic hydroxyl groups excluding tert-OH is 3. The Hall–Kier alpha value is -7.90. The van der Waals surface area contributed by atoms with Gasteiger partial charge < -0.3 is 46.0 Å². The van der Waals surface area contributed by atoms with Gasteiger partial charge in [-0.25, -0.2) is 55.9 Å². The van der Waals surface area contributed by atoms with Gasteiger partial charge in [-0.05, 0) is 70.8 Å². The highest BCUT2D eigenvalue weighted by Gasteiger charge is 2.42. The molecule has 6 aliphatic rings. The molecule has 9 amide bonds. The summed E-state index contributed by atoms with van der Waals surface area (Å²) in [4.78, 5) is 97.8. The van der Waals surface area contributed by atoms with Crippen molar-refractivity contribution in [1.82, 2.24) is 59.2 Å². The Morgan fingerprint density at radius 2 is 0.774 bits per heavy atom. The molecule has 6 aliphatic heterocycles. The highest BCUT2D eigenvalue weighted by Crippen LogP contribution is 2.35. The summed E-state index contributed by atoms with van der Waals surface area (Å²) in [6.45, 7) is 5.32. The van der Waals surface area contributed by atoms with Crippen LogP contribution in [-0.4, -0.2) is 188 Å². The van der Waals surface area contributed by atoms with Gasteiger partial charge in [-0.1, -0.05) is 11.6 Å². The highest BCUT2D eigenvalue weighted by atomic mass is 79.9. The van der Waals surface area contributed by atoms with Crippen molar-refractivity contribution < 1.29 is 84.9 Å². The van der Waals surface area contributed by atoms with Crippen LogP contribution in [0.15, 0.2) is 45.3 Å². The number of urea groups is 3. The lowest BCUT2D eigenvalue weighted by molar-refractivity contribution is -0.159. The van der Waals surface area contributed by atoms with Crippen LogP contribution in [0.2, 0.25) is 5.02 Å². The number of carbonyl (C=O) groups excluding carboxylic acids is 6. The number of amides is 9. The van der Waals surface area contributed by atoms with E-state index in [0.717, 1.165) is 33.4 Å². The molecule has 6 N–H and O–H groups in total. The second-order valence-corrected chi connectivity index (χ2v) is 24.7. The number of aliphatic hydroxyl groups is 3. The van der Waals surface area contributed by atoms with Gasteiger partial charge >= 0.3 is 18.1 Å². The van der Waals surface area contributed by atoms with E-state index in [-0.39, 0.29) is 125 Å². The minimum atomic E-state index is -0.955. The Labute approximate surface area is 546 Å². The van der Waals surface area contributed by atoms with E-state index in [1.54, 1.807) is 6.92 Å². The maximum Gasteiger partial charge on any atom is 0.322 e. The van der Waals surface area contributed by atoms with Gasteiger partial charge in [0.1, 0.15) is 70.3 Å². The third-order valence-corrected chi connectivity index (χ3v) is 17.6. The summed E-state index contributed by atoms with van der Waals surface area (Å²) >= 11 is 11.6. The van der Waals surface area contributed by atoms with Crippen molar-refractivity contribution in [2.24, 2.45) is 0 Å². The number of benzene rings is 3. The van der Waals surface area contributed by atoms with E-state index in [9.17, 15) is 70.4 Å². The van der Waals surface area contributed by atoms with Gasteiger partial charge in [-0.3, -0.25) is 42.9 Å². The standard InChI is InChI=1S/2C19H20BrF2N5O4.C19H20ClF2N5O4/c3*1-9-3-15-11(17-18(29)25(2)31-10(8-28)6-27(17)24-15)7-26(9)19(30)23-16-4-12(20)13(21)5-14(16)22/h3*4-5,9-10,28H,3,6-8H2,1-2H3,(H,23,30)/t9-,10+;9-,10-;9-,10+/m111/s1. The lowest BCUT2D eigenvalue weighted by atomic mass is 9.99. The van der Waals surface area contributed by atoms with Gasteiger partial charge in [0.25, 0.3) is 17.7 Å². The Balaban J connectivity index is 0.000000153. The molecule has 0 unspecified atom stereocenters. The molecule has 93 heavy (non-hydrogen) atoms. The monoisotopic (exact) mass is 1450 g/mol. The number of hydroxylamine groups is 6. The largest absolute Gasteiger partial charge is 0.393 e. The van der Waals surface area contributed by atoms with Crippen molar-refractivity contribution in [3.63, 3.8) is 0 Å². The van der Waals surface area contributed by atoms with Crippen LogP contribution in [0.3, 0.4) is 0 Å². The highest BCUT2D eigenvalue weighted by molar-refractivity contribution is 9.10. The third-order valence-electron chi connectivity index (χ3n) is 16.1. The molecule has 9 heterocycles. The van der Waals surface area contributed by atoms with Gasteiger partial charge in [0, 0.05) is 93.4 Å². The molecule has 0 spiro atoms. The zero-order valence-electron chi connectivity index (χ0n) is 50.2. The Kier molecular flexibility index (Phi) is 20.2. The van der Waals surface area contributed by atoms with Crippen LogP contribution in [0, 0.1) is 34.9 Å². The lowest BCUT2D eigenvalue weighted by Gasteiger charge is -2.33. The molecule has 6 aromatic rings. The summed E-state index contributed by atoms with van der Waals surface area (Å²) in [6, 6.07) is 2.60. The fourth-order valence-corrected chi connectivity index (χ4v) is 12.2. The first-order chi connectivity index (χ1) is 44.1. The predicted octanol–water partition coefficient (Wildman–Crippen LogP) is 6.73. The van der Waals surface area contributed by atoms with Crippen LogP contribution < -0.4 is 16.0 Å². The van der Waals surface area contributed by atoms with Crippen molar-refractivity contribution in [3.8, 4) is 0 Å². The molecular weight excluding hydrogens is 1400 g/mol. The van der Waals surface area contributed by atoms with Gasteiger partial charge in [-0.2, -0.15) is 15.3 Å². The van der Waals surface area contributed by atoms with Crippen LogP contribution in [0.4, 0.5) is 57.8 Å². The summed E-state index contributed by atoms with van der Waals surface area (Å²) in [5, 5.41) is 52.1. The maximum atomic E-state index is 14.1. The average Bonchev–Trinajstić information content (AvgIpc) is 1.64. The molecule has 6 atom stereocenters. The summed E-state index contributed by atoms with van der Waals surface area (Å²) < 4.78 is 87.1. The number of anilines is 3. The Bertz CT molecular complexity index is 3580. The first-order valence-corrected chi connectivity index (χ1v) is 30.6. The van der Waals surface area contributed by atoms with Crippen LogP contribution in [0.5, 0.6) is 0 Å². The minimum absolute atomic E-state index is 0.0206. The fraction of sp³-hybridized carbons (Fsp3) is 0.421. The first kappa shape index (κ1) is 68.0. The zero-order valence-corrected chi connectivity index (χ0v) is 54.1. The second-order valence-electron chi connectivity index (χ2n) is 22.6. The Morgan fingerprint density at radius 1 is 0.495 bits per heavy atom. The van der Waals surface area contributed by atoms with E-state index in [1.165, 1.54) is 49.9 Å². The summed E-state index contributed by atoms with van der Waals surface area (Å²) in [7, 11) is 4.34. The number of nitrogens with one attached hydrogen (secondary N) is 3. The van der Waals surface area contributed by atoms with E-state index in [2.05, 4.69) is 63.1 Å². The number of halogens is 9. The van der Waals surface area contributed by atoms with E-state index in [4.69, 9.17) is 26.1 Å². The van der Waals surface area contributed by atoms with E-state index >= 15 is 0 Å². The number of aromatic nitrogens is 6. The summed E-state index contributed by atoms with van der Waals surface area (Å²) in [5.74, 6) is -6.56. The number of hydrogen-bond donors (Lipinski definition) is 6. The minimum Gasteiger partial charge on any atom is -0.393 e. The zero-order chi connectivity index (χ0) is 67.3. The molecule has 36 heteroatoms. The molecule has 0 fully saturated rings. The molecule has 12 rings (SSSR count). The maximum absolute atomic E-state index is 14.1. The summed E-state index contributed by atoms with van der Waals surface area (Å²) in [5.41, 5.74) is 4.01. The number of fused-ring (bicyclic) bond motifs is 9. The van der Waals surface area contributed by atoms with Crippen LogP contribution in [0.25, 0.3) is 0 Å². The molecule has 498 valence electrons. The lowest BCUT2D eigenvalue weighted by Crippen LogP contribution is -2.45. The first-order valence-electron chi connectivity index (χ1n) is 28.7. The van der Waals surface area contributed by atoms with E-state index in [1.807, 2.05) is 13.8 Å². The van der Waals surface area contributed by atoms with Crippen molar-refractivity contribution in [1.29, 1.82) is 0 Å². The van der Waals surface area contributed by atoms with Gasteiger partial charge in [0.2, 0.25) is 0 Å². The molecule has 0 aliphatic carbocycles. The normalized spacial score (nSPS) is 20.9. The molecule has 3 aromatic heterocycles. The smallest absolute Gasteiger partial charge is 0.322 e. The van der Waals surface area contributed by atoms with Crippen molar-refractivity contribution in [3.05, 3.63) is 136 Å². The number of hydrogen-bond acceptors (Lipinski definition) is 15. The molecule has 0 bridgehead atoms. The second kappa shape index (κ2) is 27.6. The predicted molar refractivity (Wildman–Crippen MR) is 322 cm³/mol. The van der Waals surface area contributed by atoms with Crippen LogP contribution >= 0.6 is 43.5 Å². The van der Waals surface area contributed by atoms with Gasteiger partial charge in [0.05, 0.1) is 107 Å². The average molecular weight is 1460 g/mol. The molecular formula is C57H60Br2ClF6N15O12. The number of rotatable bonds is 6. The molecule has 0 saturated heterocycles. The van der Waals surface area contributed by atoms with E-state index in [0.29, 0.717) is 71.2 Å². The van der Waals surface area contributed by atoms with Gasteiger partial charge in [0.15, 0.2) is 0 Å². The van der Waals surface area contributed by atoms with E-state index < -0.39 is 89.0 Å². The number of nitrogens with zero attached hydrogens (tertiary/aromatic N) is 12. The molecule has 0 saturated carbocycles. The third kappa shape index (κ3) is 13.9. The molecule has 27 nitrogen and oxygen atoms in total. The van der Waals surface area contributed by atoms with Crippen molar-refractivity contribution in [2.75, 3.05) is 56.9 Å². The SMILES string of the molecule is C[C@@H]1Cc2nn3c(c2CN1C(=O)Nc1cc(Br)c(F)cc1F)C(=O)N(C)O[C@@H](CO)C3.C[C@@H]1Cc2nn3c(c2CN1C(=O)Nc1cc(Br)c(F)cc1F)C(=O)N(C)O[C@H](CO)C3.C[C@@H]1Cc2nn3c(c2CN1C(=O)Nc1cc(Cl)c(F)cc1F)C(=O)N(C)O[C@H](CO)C3. The molecule has 0 radical (unpaired) electrons. The quantitative estimate of drug-likeness (QED) is 0.0744. The summed E-state index contributed by atoms with van der Waals surface area (Å²) in [6.07, 6.45) is -0.752. The van der Waals surface area contributed by atoms with Crippen molar-refractivity contribution in [2.45, 2.75) is 116 Å².